The molecule has 1 aliphatic heterocycles. The molecule has 1 aromatic carbocycles. The van der Waals surface area contributed by atoms with Crippen molar-refractivity contribution in [3.05, 3.63) is 53.6 Å². The van der Waals surface area contributed by atoms with Crippen molar-refractivity contribution in [3.63, 3.8) is 0 Å². The van der Waals surface area contributed by atoms with Gasteiger partial charge in [-0.1, -0.05) is 43.7 Å². The van der Waals surface area contributed by atoms with Crippen molar-refractivity contribution in [1.82, 2.24) is 0 Å². The fraction of sp³-hybridized carbons (Fsp3) is 0.333. The molecule has 0 N–H and O–H groups in total. The lowest BCUT2D eigenvalue weighted by atomic mass is 9.74. The minimum absolute atomic E-state index is 0.0664. The fourth-order valence-electron chi connectivity index (χ4n) is 3.72. The molecule has 116 valence electrons. The van der Waals surface area contributed by atoms with Crippen LogP contribution in [0.15, 0.2) is 53.6 Å². The molecule has 0 bridgehead atoms. The van der Waals surface area contributed by atoms with E-state index in [0.29, 0.717) is 17.6 Å². The number of carbonyl (C=O) groups is 2. The van der Waals surface area contributed by atoms with Crippen LogP contribution in [0.25, 0.3) is 0 Å². The molecule has 3 atom stereocenters. The van der Waals surface area contributed by atoms with Gasteiger partial charge in [-0.3, -0.25) is 9.59 Å². The minimum Gasteiger partial charge on any atom is -0.401 e. The van der Waals surface area contributed by atoms with E-state index >= 15 is 0 Å². The van der Waals surface area contributed by atoms with Crippen LogP contribution in [0.5, 0.6) is 0 Å². The average Bonchev–Trinajstić information content (AvgIpc) is 3.03. The highest BCUT2D eigenvalue weighted by molar-refractivity contribution is 6.62. The van der Waals surface area contributed by atoms with E-state index in [2.05, 4.69) is 6.92 Å². The van der Waals surface area contributed by atoms with Crippen molar-refractivity contribution in [2.45, 2.75) is 32.0 Å². The highest BCUT2D eigenvalue weighted by atomic mass is 16.7. The molecule has 1 unspecified atom stereocenters. The highest BCUT2D eigenvalue weighted by Gasteiger charge is 2.51. The summed E-state index contributed by atoms with van der Waals surface area (Å²) >= 11 is 0. The van der Waals surface area contributed by atoms with Crippen LogP contribution in [0.3, 0.4) is 0 Å². The molecule has 4 rings (SSSR count). The van der Waals surface area contributed by atoms with Crippen LogP contribution in [0.4, 0.5) is 0 Å². The summed E-state index contributed by atoms with van der Waals surface area (Å²) in [5.41, 5.74) is 2.05. The van der Waals surface area contributed by atoms with Gasteiger partial charge in [0.25, 0.3) is 0 Å². The predicted molar refractivity (Wildman–Crippen MR) is 86.2 cm³/mol. The Bertz CT molecular complexity index is 722. The van der Waals surface area contributed by atoms with E-state index in [9.17, 15) is 9.59 Å². The first kappa shape index (κ1) is 14.6. The first-order valence-electron chi connectivity index (χ1n) is 8.04. The number of rotatable bonds is 2. The quantitative estimate of drug-likeness (QED) is 0.615. The van der Waals surface area contributed by atoms with Gasteiger partial charge in [0.15, 0.2) is 11.6 Å². The van der Waals surface area contributed by atoms with Crippen LogP contribution in [0.1, 0.15) is 19.8 Å². The fourth-order valence-corrected chi connectivity index (χ4v) is 3.72. The number of carbonyl (C=O) groups excluding carboxylic acids is 2. The van der Waals surface area contributed by atoms with E-state index in [1.54, 1.807) is 0 Å². The monoisotopic (exact) mass is 308 g/mol. The molecule has 1 fully saturated rings. The zero-order valence-corrected chi connectivity index (χ0v) is 12.9. The SMILES string of the molecule is CCC1CC2=C(C(=O)C=CC2=O)[C@@H]2OB(c3ccccc3)O[C@@H]12. The number of hydrogen-bond donors (Lipinski definition) is 0. The van der Waals surface area contributed by atoms with Crippen LogP contribution in [-0.4, -0.2) is 30.9 Å². The van der Waals surface area contributed by atoms with Crippen LogP contribution < -0.4 is 5.46 Å². The third-order valence-corrected chi connectivity index (χ3v) is 4.93. The lowest BCUT2D eigenvalue weighted by Gasteiger charge is -2.35. The second-order valence-corrected chi connectivity index (χ2v) is 6.23. The standard InChI is InChI=1S/C18H17BO4/c1-2-11-10-13-14(20)8-9-15(21)16(13)18-17(11)22-19(23-18)12-6-4-3-5-7-12/h3-9,11,17-18H,2,10H2,1H3/t11?,17-,18-/m0/s1. The van der Waals surface area contributed by atoms with Gasteiger partial charge in [0.2, 0.25) is 0 Å². The Morgan fingerprint density at radius 1 is 1.09 bits per heavy atom. The summed E-state index contributed by atoms with van der Waals surface area (Å²) in [7, 11) is -0.485. The third kappa shape index (κ3) is 2.31. The van der Waals surface area contributed by atoms with Crippen molar-refractivity contribution in [1.29, 1.82) is 0 Å². The summed E-state index contributed by atoms with van der Waals surface area (Å²) in [4.78, 5) is 24.5. The predicted octanol–water partition coefficient (Wildman–Crippen LogP) is 1.60. The van der Waals surface area contributed by atoms with Crippen molar-refractivity contribution in [2.75, 3.05) is 0 Å². The summed E-state index contributed by atoms with van der Waals surface area (Å²) in [5.74, 6) is 0.000406. The minimum atomic E-state index is -0.485. The molecule has 23 heavy (non-hydrogen) atoms. The smallest absolute Gasteiger partial charge is 0.401 e. The van der Waals surface area contributed by atoms with Crippen LogP contribution in [-0.2, 0) is 18.9 Å². The molecule has 0 amide bonds. The number of fused-ring (bicyclic) bond motifs is 2. The Kier molecular flexibility index (Phi) is 3.55. The molecule has 0 saturated carbocycles. The molecule has 1 aromatic rings. The molecule has 0 spiro atoms. The maximum absolute atomic E-state index is 12.3. The van der Waals surface area contributed by atoms with Gasteiger partial charge in [0.1, 0.15) is 0 Å². The Morgan fingerprint density at radius 3 is 2.57 bits per heavy atom. The topological polar surface area (TPSA) is 52.6 Å². The summed E-state index contributed by atoms with van der Waals surface area (Å²) in [6, 6.07) is 9.71. The molecule has 0 aromatic heterocycles. The molecular weight excluding hydrogens is 291 g/mol. The van der Waals surface area contributed by atoms with E-state index in [1.807, 2.05) is 30.3 Å². The van der Waals surface area contributed by atoms with Crippen LogP contribution in [0, 0.1) is 5.92 Å². The van der Waals surface area contributed by atoms with Gasteiger partial charge in [-0.25, -0.2) is 0 Å². The second-order valence-electron chi connectivity index (χ2n) is 6.23. The van der Waals surface area contributed by atoms with Gasteiger partial charge in [0, 0.05) is 11.1 Å². The summed E-state index contributed by atoms with van der Waals surface area (Å²) in [5, 5.41) is 0. The summed E-state index contributed by atoms with van der Waals surface area (Å²) in [6.07, 6.45) is 3.57. The maximum atomic E-state index is 12.3. The molecule has 2 aliphatic carbocycles. The third-order valence-electron chi connectivity index (χ3n) is 4.93. The Labute approximate surface area is 135 Å². The second kappa shape index (κ2) is 5.58. The largest absolute Gasteiger partial charge is 0.494 e. The van der Waals surface area contributed by atoms with Crippen LogP contribution in [0.2, 0.25) is 0 Å². The Morgan fingerprint density at radius 2 is 1.83 bits per heavy atom. The summed E-state index contributed by atoms with van der Waals surface area (Å²) < 4.78 is 12.2. The maximum Gasteiger partial charge on any atom is 0.494 e. The lowest BCUT2D eigenvalue weighted by Crippen LogP contribution is -2.41. The molecule has 1 saturated heterocycles. The van der Waals surface area contributed by atoms with E-state index in [0.717, 1.165) is 11.9 Å². The zero-order valence-electron chi connectivity index (χ0n) is 12.9. The number of hydrogen-bond acceptors (Lipinski definition) is 4. The van der Waals surface area contributed by atoms with Gasteiger partial charge in [0.05, 0.1) is 12.2 Å². The van der Waals surface area contributed by atoms with Gasteiger partial charge in [-0.2, -0.15) is 0 Å². The van der Waals surface area contributed by atoms with Gasteiger partial charge in [-0.15, -0.1) is 0 Å². The normalized spacial score (nSPS) is 29.8. The van der Waals surface area contributed by atoms with E-state index in [-0.39, 0.29) is 23.6 Å². The molecule has 0 radical (unpaired) electrons. The van der Waals surface area contributed by atoms with Crippen molar-refractivity contribution in [2.24, 2.45) is 5.92 Å². The van der Waals surface area contributed by atoms with Crippen molar-refractivity contribution < 1.29 is 18.9 Å². The molecular formula is C18H17BO4. The number of allylic oxidation sites excluding steroid dienone is 3. The average molecular weight is 308 g/mol. The number of benzene rings is 1. The molecule has 5 heteroatoms. The number of ketones is 2. The highest BCUT2D eigenvalue weighted by Crippen LogP contribution is 2.41. The van der Waals surface area contributed by atoms with Gasteiger partial charge in [-0.05, 0) is 30.0 Å². The molecule has 3 aliphatic rings. The first-order valence-corrected chi connectivity index (χ1v) is 8.04. The van der Waals surface area contributed by atoms with E-state index < -0.39 is 13.2 Å². The van der Waals surface area contributed by atoms with Crippen LogP contribution >= 0.6 is 0 Å². The van der Waals surface area contributed by atoms with E-state index in [4.69, 9.17) is 9.31 Å². The van der Waals surface area contributed by atoms with E-state index in [1.165, 1.54) is 12.2 Å². The molecule has 1 heterocycles. The Balaban J connectivity index is 1.72. The van der Waals surface area contributed by atoms with Crippen molar-refractivity contribution >= 4 is 24.1 Å². The van der Waals surface area contributed by atoms with Crippen molar-refractivity contribution in [3.8, 4) is 0 Å². The molecule has 4 nitrogen and oxygen atoms in total. The first-order chi connectivity index (χ1) is 11.2. The zero-order chi connectivity index (χ0) is 16.0. The Hall–Kier alpha value is -1.98. The lowest BCUT2D eigenvalue weighted by molar-refractivity contribution is -0.116. The summed E-state index contributed by atoms with van der Waals surface area (Å²) in [6.45, 7) is 2.08. The van der Waals surface area contributed by atoms with Gasteiger partial charge >= 0.3 is 7.12 Å². The van der Waals surface area contributed by atoms with Gasteiger partial charge < -0.3 is 9.31 Å².